The van der Waals surface area contributed by atoms with Crippen molar-refractivity contribution in [1.29, 1.82) is 0 Å². The maximum atomic E-state index is 10.7. The normalized spacial score (nSPS) is 15.5. The minimum atomic E-state index is -0.758. The predicted molar refractivity (Wildman–Crippen MR) is 91.9 cm³/mol. The van der Waals surface area contributed by atoms with Crippen LogP contribution in [-0.2, 0) is 22.5 Å². The highest BCUT2D eigenvalue weighted by Gasteiger charge is 2.15. The fourth-order valence-corrected chi connectivity index (χ4v) is 3.25. The van der Waals surface area contributed by atoms with Gasteiger partial charge < -0.3 is 9.84 Å². The van der Waals surface area contributed by atoms with Crippen molar-refractivity contribution < 1.29 is 14.6 Å². The van der Waals surface area contributed by atoms with Crippen LogP contribution in [0.25, 0.3) is 11.1 Å². The summed E-state index contributed by atoms with van der Waals surface area (Å²) in [5.74, 6) is -0.114. The van der Waals surface area contributed by atoms with E-state index in [9.17, 15) is 4.79 Å². The van der Waals surface area contributed by atoms with Gasteiger partial charge in [0.1, 0.15) is 0 Å². The van der Waals surface area contributed by atoms with E-state index < -0.39 is 5.97 Å². The number of ether oxygens (including phenoxy) is 1. The number of hydrogen-bond acceptors (Lipinski definition) is 3. The number of carboxylic acid groups (broad SMARTS) is 1. The smallest absolute Gasteiger partial charge is 0.303 e. The lowest BCUT2D eigenvalue weighted by Crippen LogP contribution is -2.20. The van der Waals surface area contributed by atoms with Crippen molar-refractivity contribution in [2.75, 3.05) is 13.2 Å². The van der Waals surface area contributed by atoms with Crippen LogP contribution in [-0.4, -0.2) is 34.1 Å². The fraction of sp³-hybridized carbons (Fsp3) is 0.474. The lowest BCUT2D eigenvalue weighted by molar-refractivity contribution is -0.136. The molecule has 0 atom stereocenters. The van der Waals surface area contributed by atoms with Crippen LogP contribution in [0.15, 0.2) is 30.6 Å². The van der Waals surface area contributed by atoms with E-state index in [2.05, 4.69) is 30.4 Å². The summed E-state index contributed by atoms with van der Waals surface area (Å²) in [7, 11) is 0. The Morgan fingerprint density at radius 2 is 2.17 bits per heavy atom. The van der Waals surface area contributed by atoms with E-state index in [1.54, 1.807) is 0 Å². The van der Waals surface area contributed by atoms with Gasteiger partial charge in [-0.25, -0.2) is 0 Å². The van der Waals surface area contributed by atoms with Gasteiger partial charge in [0.2, 0.25) is 0 Å². The molecule has 3 rings (SSSR count). The molecule has 5 nitrogen and oxygen atoms in total. The molecule has 5 heteroatoms. The number of nitrogens with zero attached hydrogens (tertiary/aromatic N) is 2. The number of hydrogen-bond donors (Lipinski definition) is 1. The van der Waals surface area contributed by atoms with Crippen molar-refractivity contribution in [3.63, 3.8) is 0 Å². The summed E-state index contributed by atoms with van der Waals surface area (Å²) < 4.78 is 7.44. The third-order valence-electron chi connectivity index (χ3n) is 4.65. The first-order valence-corrected chi connectivity index (χ1v) is 8.53. The fourth-order valence-electron chi connectivity index (χ4n) is 3.25. The van der Waals surface area contributed by atoms with E-state index >= 15 is 0 Å². The van der Waals surface area contributed by atoms with Gasteiger partial charge in [0, 0.05) is 37.9 Å². The maximum absolute atomic E-state index is 10.7. The van der Waals surface area contributed by atoms with Crippen LogP contribution in [0.3, 0.4) is 0 Å². The second kappa shape index (κ2) is 7.62. The van der Waals surface area contributed by atoms with Gasteiger partial charge in [-0.1, -0.05) is 18.2 Å². The Bertz CT molecular complexity index is 702. The van der Waals surface area contributed by atoms with Crippen molar-refractivity contribution in [3.8, 4) is 11.1 Å². The zero-order chi connectivity index (χ0) is 16.9. The Morgan fingerprint density at radius 1 is 1.38 bits per heavy atom. The SMILES string of the molecule is Cc1cc(CCC(=O)O)ccc1-c1cnn(CC2CCOCC2)c1. The molecule has 0 saturated carbocycles. The molecule has 0 amide bonds. The molecule has 1 aliphatic heterocycles. The van der Waals surface area contributed by atoms with Gasteiger partial charge in [0.15, 0.2) is 0 Å². The van der Waals surface area contributed by atoms with Crippen LogP contribution in [0.5, 0.6) is 0 Å². The molecular formula is C19H24N2O3. The van der Waals surface area contributed by atoms with E-state index in [-0.39, 0.29) is 6.42 Å². The first-order chi connectivity index (χ1) is 11.6. The number of aromatic nitrogens is 2. The summed E-state index contributed by atoms with van der Waals surface area (Å²) in [5, 5.41) is 13.3. The van der Waals surface area contributed by atoms with Gasteiger partial charge in [-0.2, -0.15) is 5.10 Å². The van der Waals surface area contributed by atoms with Crippen molar-refractivity contribution in [3.05, 3.63) is 41.7 Å². The number of carbonyl (C=O) groups is 1. The molecule has 128 valence electrons. The van der Waals surface area contributed by atoms with Crippen LogP contribution >= 0.6 is 0 Å². The topological polar surface area (TPSA) is 64.3 Å². The third-order valence-corrected chi connectivity index (χ3v) is 4.65. The molecule has 1 aliphatic rings. The largest absolute Gasteiger partial charge is 0.481 e. The van der Waals surface area contributed by atoms with E-state index in [4.69, 9.17) is 9.84 Å². The van der Waals surface area contributed by atoms with Crippen molar-refractivity contribution in [1.82, 2.24) is 9.78 Å². The van der Waals surface area contributed by atoms with E-state index in [1.807, 2.05) is 16.9 Å². The number of rotatable bonds is 6. The van der Waals surface area contributed by atoms with Crippen LogP contribution < -0.4 is 0 Å². The highest BCUT2D eigenvalue weighted by Crippen LogP contribution is 2.25. The molecule has 1 saturated heterocycles. The second-order valence-electron chi connectivity index (χ2n) is 6.55. The highest BCUT2D eigenvalue weighted by molar-refractivity contribution is 5.68. The first kappa shape index (κ1) is 16.7. The zero-order valence-electron chi connectivity index (χ0n) is 14.1. The van der Waals surface area contributed by atoms with Crippen molar-refractivity contribution >= 4 is 5.97 Å². The molecule has 0 bridgehead atoms. The zero-order valence-corrected chi connectivity index (χ0v) is 14.1. The number of benzene rings is 1. The first-order valence-electron chi connectivity index (χ1n) is 8.53. The Hall–Kier alpha value is -2.14. The highest BCUT2D eigenvalue weighted by atomic mass is 16.5. The lowest BCUT2D eigenvalue weighted by atomic mass is 9.99. The minimum absolute atomic E-state index is 0.168. The maximum Gasteiger partial charge on any atom is 0.303 e. The van der Waals surface area contributed by atoms with Gasteiger partial charge in [0.05, 0.1) is 6.20 Å². The summed E-state index contributed by atoms with van der Waals surface area (Å²) in [6.45, 7) is 4.72. The summed E-state index contributed by atoms with van der Waals surface area (Å²) in [6, 6.07) is 6.16. The van der Waals surface area contributed by atoms with Crippen LogP contribution in [0.4, 0.5) is 0 Å². The van der Waals surface area contributed by atoms with Gasteiger partial charge >= 0.3 is 5.97 Å². The third kappa shape index (κ3) is 4.23. The van der Waals surface area contributed by atoms with E-state index in [0.29, 0.717) is 12.3 Å². The predicted octanol–water partition coefficient (Wildman–Crippen LogP) is 3.30. The summed E-state index contributed by atoms with van der Waals surface area (Å²) in [6.07, 6.45) is 6.97. The van der Waals surface area contributed by atoms with Gasteiger partial charge in [-0.3, -0.25) is 9.48 Å². The van der Waals surface area contributed by atoms with Gasteiger partial charge in [-0.15, -0.1) is 0 Å². The molecule has 1 aromatic heterocycles. The number of aryl methyl sites for hydroxylation is 2. The average molecular weight is 328 g/mol. The molecule has 0 unspecified atom stereocenters. The molecule has 0 spiro atoms. The molecule has 2 heterocycles. The Morgan fingerprint density at radius 3 is 2.88 bits per heavy atom. The lowest BCUT2D eigenvalue weighted by Gasteiger charge is -2.21. The Balaban J connectivity index is 1.68. The molecule has 1 N–H and O–H groups in total. The molecule has 2 aromatic rings. The minimum Gasteiger partial charge on any atom is -0.481 e. The molecule has 0 aliphatic carbocycles. The van der Waals surface area contributed by atoms with Crippen LogP contribution in [0, 0.1) is 12.8 Å². The van der Waals surface area contributed by atoms with Gasteiger partial charge in [-0.05, 0) is 48.8 Å². The average Bonchev–Trinajstić information content (AvgIpc) is 3.02. The number of aliphatic carboxylic acids is 1. The van der Waals surface area contributed by atoms with Crippen molar-refractivity contribution in [2.24, 2.45) is 5.92 Å². The van der Waals surface area contributed by atoms with E-state index in [1.165, 1.54) is 0 Å². The standard InChI is InChI=1S/C19H24N2O3/c1-14-10-15(3-5-19(22)23)2-4-18(14)17-11-20-21(13-17)12-16-6-8-24-9-7-16/h2,4,10-11,13,16H,3,5-9,12H2,1H3,(H,22,23). The van der Waals surface area contributed by atoms with Crippen LogP contribution in [0.1, 0.15) is 30.4 Å². The molecule has 24 heavy (non-hydrogen) atoms. The monoisotopic (exact) mass is 328 g/mol. The second-order valence-corrected chi connectivity index (χ2v) is 6.55. The summed E-state index contributed by atoms with van der Waals surface area (Å²) in [5.41, 5.74) is 4.49. The van der Waals surface area contributed by atoms with Crippen LogP contribution in [0.2, 0.25) is 0 Å². The van der Waals surface area contributed by atoms with E-state index in [0.717, 1.165) is 54.9 Å². The Labute approximate surface area is 142 Å². The molecule has 1 aromatic carbocycles. The number of carboxylic acids is 1. The summed E-state index contributed by atoms with van der Waals surface area (Å²) in [4.78, 5) is 10.7. The Kier molecular flexibility index (Phi) is 5.30. The molecular weight excluding hydrogens is 304 g/mol. The molecule has 1 fully saturated rings. The summed E-state index contributed by atoms with van der Waals surface area (Å²) >= 11 is 0. The van der Waals surface area contributed by atoms with Crippen molar-refractivity contribution in [2.45, 2.75) is 39.2 Å². The molecule has 0 radical (unpaired) electrons. The quantitative estimate of drug-likeness (QED) is 0.883. The van der Waals surface area contributed by atoms with Gasteiger partial charge in [0.25, 0.3) is 0 Å².